The van der Waals surface area contributed by atoms with Crippen molar-refractivity contribution in [2.45, 2.75) is 19.9 Å². The molecule has 0 saturated carbocycles. The first-order valence-electron chi connectivity index (χ1n) is 6.59. The number of hydrogen-bond acceptors (Lipinski definition) is 1. The molecule has 0 fully saturated rings. The van der Waals surface area contributed by atoms with E-state index in [0.29, 0.717) is 21.6 Å². The largest absolute Gasteiger partial charge is 0.306 e. The lowest BCUT2D eigenvalue weighted by Crippen LogP contribution is -2.24. The van der Waals surface area contributed by atoms with Gasteiger partial charge < -0.3 is 5.32 Å². The molecule has 0 bridgehead atoms. The van der Waals surface area contributed by atoms with Gasteiger partial charge in [0.25, 0.3) is 0 Å². The van der Waals surface area contributed by atoms with Gasteiger partial charge in [0, 0.05) is 15.1 Å². The zero-order valence-electron chi connectivity index (χ0n) is 11.7. The zero-order chi connectivity index (χ0) is 15.6. The van der Waals surface area contributed by atoms with E-state index in [4.69, 9.17) is 23.2 Å². The Kier molecular flexibility index (Phi) is 5.67. The minimum absolute atomic E-state index is 0.0927. The highest BCUT2D eigenvalue weighted by molar-refractivity contribution is 9.10. The van der Waals surface area contributed by atoms with Gasteiger partial charge in [0.1, 0.15) is 5.82 Å². The normalized spacial score (nSPS) is 12.5. The standard InChI is InChI=1S/C16H15BrCl2FN/c1-3-21-16(10-5-4-6-13(18)9(10)2)11-7-8-12(17)14(19)15(11)20/h4-8,16,21H,3H2,1-2H3. The van der Waals surface area contributed by atoms with Crippen molar-refractivity contribution in [1.82, 2.24) is 5.32 Å². The molecule has 1 N–H and O–H groups in total. The van der Waals surface area contributed by atoms with E-state index in [1.807, 2.05) is 32.0 Å². The van der Waals surface area contributed by atoms with Crippen LogP contribution in [0.2, 0.25) is 10.0 Å². The van der Waals surface area contributed by atoms with Gasteiger partial charge in [0.15, 0.2) is 0 Å². The molecule has 2 aromatic rings. The van der Waals surface area contributed by atoms with Crippen molar-refractivity contribution in [3.63, 3.8) is 0 Å². The van der Waals surface area contributed by atoms with E-state index < -0.39 is 5.82 Å². The van der Waals surface area contributed by atoms with Crippen molar-refractivity contribution in [2.24, 2.45) is 0 Å². The summed E-state index contributed by atoms with van der Waals surface area (Å²) < 4.78 is 15.1. The summed E-state index contributed by atoms with van der Waals surface area (Å²) in [5.74, 6) is -0.420. The average Bonchev–Trinajstić information content (AvgIpc) is 2.46. The quantitative estimate of drug-likeness (QED) is 0.640. The molecule has 0 aliphatic rings. The lowest BCUT2D eigenvalue weighted by molar-refractivity contribution is 0.557. The number of benzene rings is 2. The minimum atomic E-state index is -0.420. The van der Waals surface area contributed by atoms with Gasteiger partial charge in [0.2, 0.25) is 0 Å². The van der Waals surface area contributed by atoms with Gasteiger partial charge in [-0.05, 0) is 52.7 Å². The van der Waals surface area contributed by atoms with Crippen LogP contribution in [0.5, 0.6) is 0 Å². The Labute approximate surface area is 142 Å². The van der Waals surface area contributed by atoms with Crippen molar-refractivity contribution in [3.8, 4) is 0 Å². The van der Waals surface area contributed by atoms with Crippen LogP contribution in [0, 0.1) is 12.7 Å². The number of nitrogens with one attached hydrogen (secondary N) is 1. The maximum atomic E-state index is 14.5. The number of halogens is 4. The lowest BCUT2D eigenvalue weighted by Gasteiger charge is -2.22. The second kappa shape index (κ2) is 7.10. The smallest absolute Gasteiger partial charge is 0.148 e. The van der Waals surface area contributed by atoms with Gasteiger partial charge in [-0.25, -0.2) is 4.39 Å². The van der Waals surface area contributed by atoms with E-state index in [9.17, 15) is 4.39 Å². The SMILES string of the molecule is CCNC(c1cccc(Cl)c1C)c1ccc(Br)c(Cl)c1F. The van der Waals surface area contributed by atoms with Crippen LogP contribution in [0.15, 0.2) is 34.8 Å². The summed E-state index contributed by atoms with van der Waals surface area (Å²) in [5, 5.41) is 4.06. The summed E-state index contributed by atoms with van der Waals surface area (Å²) >= 11 is 15.4. The summed E-state index contributed by atoms with van der Waals surface area (Å²) in [6.07, 6.45) is 0. The first-order valence-corrected chi connectivity index (χ1v) is 8.14. The molecule has 1 nitrogen and oxygen atoms in total. The summed E-state index contributed by atoms with van der Waals surface area (Å²) in [6, 6.07) is 8.84. The van der Waals surface area contributed by atoms with Crippen molar-refractivity contribution in [2.75, 3.05) is 6.54 Å². The molecule has 0 saturated heterocycles. The third-order valence-corrected chi connectivity index (χ3v) is 5.07. The van der Waals surface area contributed by atoms with E-state index >= 15 is 0 Å². The highest BCUT2D eigenvalue weighted by Crippen LogP contribution is 2.35. The Morgan fingerprint density at radius 1 is 1.19 bits per heavy atom. The predicted octanol–water partition coefficient (Wildman–Crippen LogP) is 5.90. The molecule has 0 aromatic heterocycles. The first kappa shape index (κ1) is 16.8. The Bertz CT molecular complexity index is 661. The fourth-order valence-electron chi connectivity index (χ4n) is 2.29. The lowest BCUT2D eigenvalue weighted by atomic mass is 9.94. The molecular weight excluding hydrogens is 376 g/mol. The van der Waals surface area contributed by atoms with Crippen molar-refractivity contribution in [3.05, 3.63) is 67.4 Å². The summed E-state index contributed by atoms with van der Waals surface area (Å²) in [4.78, 5) is 0. The molecule has 21 heavy (non-hydrogen) atoms. The van der Waals surface area contributed by atoms with Crippen LogP contribution in [0.25, 0.3) is 0 Å². The van der Waals surface area contributed by atoms with Crippen LogP contribution in [0.4, 0.5) is 4.39 Å². The molecule has 0 aliphatic heterocycles. The minimum Gasteiger partial charge on any atom is -0.306 e. The van der Waals surface area contributed by atoms with E-state index in [2.05, 4.69) is 21.2 Å². The molecule has 1 unspecified atom stereocenters. The van der Waals surface area contributed by atoms with Crippen LogP contribution in [0.3, 0.4) is 0 Å². The van der Waals surface area contributed by atoms with Gasteiger partial charge in [-0.3, -0.25) is 0 Å². The van der Waals surface area contributed by atoms with Gasteiger partial charge in [-0.15, -0.1) is 0 Å². The van der Waals surface area contributed by atoms with Crippen LogP contribution >= 0.6 is 39.1 Å². The van der Waals surface area contributed by atoms with Gasteiger partial charge in [-0.1, -0.05) is 48.3 Å². The molecule has 1 atom stereocenters. The maximum Gasteiger partial charge on any atom is 0.148 e. The van der Waals surface area contributed by atoms with Crippen LogP contribution in [-0.2, 0) is 0 Å². The van der Waals surface area contributed by atoms with Crippen LogP contribution < -0.4 is 5.32 Å². The monoisotopic (exact) mass is 389 g/mol. The van der Waals surface area contributed by atoms with Crippen molar-refractivity contribution < 1.29 is 4.39 Å². The van der Waals surface area contributed by atoms with E-state index in [-0.39, 0.29) is 11.1 Å². The van der Waals surface area contributed by atoms with E-state index in [0.717, 1.165) is 11.1 Å². The molecule has 2 aromatic carbocycles. The Morgan fingerprint density at radius 3 is 2.57 bits per heavy atom. The molecule has 0 radical (unpaired) electrons. The molecule has 0 aliphatic carbocycles. The van der Waals surface area contributed by atoms with E-state index in [1.165, 1.54) is 0 Å². The molecule has 112 valence electrons. The van der Waals surface area contributed by atoms with Gasteiger partial charge >= 0.3 is 0 Å². The highest BCUT2D eigenvalue weighted by Gasteiger charge is 2.22. The van der Waals surface area contributed by atoms with Crippen molar-refractivity contribution >= 4 is 39.1 Å². The summed E-state index contributed by atoms with van der Waals surface area (Å²) in [6.45, 7) is 4.61. The Hall–Kier alpha value is -0.610. The molecule has 0 amide bonds. The third kappa shape index (κ3) is 3.42. The van der Waals surface area contributed by atoms with Crippen molar-refractivity contribution in [1.29, 1.82) is 0 Å². The molecule has 5 heteroatoms. The molecule has 0 heterocycles. The van der Waals surface area contributed by atoms with Crippen LogP contribution in [0.1, 0.15) is 29.7 Å². The molecular formula is C16H15BrCl2FN. The Morgan fingerprint density at radius 2 is 1.90 bits per heavy atom. The third-order valence-electron chi connectivity index (χ3n) is 3.40. The van der Waals surface area contributed by atoms with Crippen LogP contribution in [-0.4, -0.2) is 6.54 Å². The fraction of sp³-hybridized carbons (Fsp3) is 0.250. The predicted molar refractivity (Wildman–Crippen MR) is 90.8 cm³/mol. The molecule has 2 rings (SSSR count). The summed E-state index contributed by atoms with van der Waals surface area (Å²) in [5.41, 5.74) is 2.39. The maximum absolute atomic E-state index is 14.5. The topological polar surface area (TPSA) is 12.0 Å². The first-order chi connectivity index (χ1) is 9.97. The zero-order valence-corrected chi connectivity index (χ0v) is 14.8. The number of hydrogen-bond donors (Lipinski definition) is 1. The highest BCUT2D eigenvalue weighted by atomic mass is 79.9. The molecule has 0 spiro atoms. The summed E-state index contributed by atoms with van der Waals surface area (Å²) in [7, 11) is 0. The second-order valence-electron chi connectivity index (χ2n) is 4.71. The fourth-order valence-corrected chi connectivity index (χ4v) is 2.95. The number of rotatable bonds is 4. The average molecular weight is 391 g/mol. The van der Waals surface area contributed by atoms with E-state index in [1.54, 1.807) is 12.1 Å². The van der Waals surface area contributed by atoms with Gasteiger partial charge in [0.05, 0.1) is 11.1 Å². The second-order valence-corrected chi connectivity index (χ2v) is 6.35. The van der Waals surface area contributed by atoms with Gasteiger partial charge in [-0.2, -0.15) is 0 Å². The Balaban J connectivity index is 2.59.